The number of fused-ring (bicyclic) bond motifs is 1. The number of halogens is 1. The Morgan fingerprint density at radius 1 is 1.44 bits per heavy atom. The lowest BCUT2D eigenvalue weighted by atomic mass is 10.0. The van der Waals surface area contributed by atoms with Gasteiger partial charge < -0.3 is 5.32 Å². The summed E-state index contributed by atoms with van der Waals surface area (Å²) in [6, 6.07) is 8.63. The van der Waals surface area contributed by atoms with Crippen LogP contribution >= 0.6 is 15.9 Å². The first kappa shape index (κ1) is 9.99. The van der Waals surface area contributed by atoms with Crippen LogP contribution in [0.1, 0.15) is 22.9 Å². The number of benzene rings is 1. The van der Waals surface area contributed by atoms with Crippen molar-refractivity contribution in [2.45, 2.75) is 12.6 Å². The molecule has 0 spiro atoms. The minimum atomic E-state index is 0.186. The molecule has 1 aliphatic rings. The first-order chi connectivity index (χ1) is 7.77. The lowest BCUT2D eigenvalue weighted by molar-refractivity contribution is 0.589. The van der Waals surface area contributed by atoms with Crippen LogP contribution < -0.4 is 5.32 Å². The fourth-order valence-electron chi connectivity index (χ4n) is 2.19. The highest BCUT2D eigenvalue weighted by molar-refractivity contribution is 9.10. The van der Waals surface area contributed by atoms with Crippen LogP contribution in [0.3, 0.4) is 0 Å². The molecule has 0 saturated carbocycles. The third-order valence-corrected chi connectivity index (χ3v) is 3.53. The smallest absolute Gasteiger partial charge is 0.153 e. The summed E-state index contributed by atoms with van der Waals surface area (Å²) in [5.41, 5.74) is 3.74. The second kappa shape index (κ2) is 3.68. The largest absolute Gasteiger partial charge is 0.301 e. The van der Waals surface area contributed by atoms with Crippen LogP contribution in [0.5, 0.6) is 0 Å². The van der Waals surface area contributed by atoms with E-state index in [4.69, 9.17) is 0 Å². The standard InChI is InChI=1S/C11H11BrN4/c1-16-10(11(12)14-15-16)9-8-5-3-2-4-7(8)6-13-9/h2-5,9,13H,6H2,1H3. The molecule has 0 saturated heterocycles. The minimum absolute atomic E-state index is 0.186. The Hall–Kier alpha value is -1.20. The molecule has 0 fully saturated rings. The summed E-state index contributed by atoms with van der Waals surface area (Å²) in [7, 11) is 1.91. The van der Waals surface area contributed by atoms with Gasteiger partial charge in [0.15, 0.2) is 4.60 Å². The van der Waals surface area contributed by atoms with Gasteiger partial charge in [-0.3, -0.25) is 0 Å². The molecule has 0 radical (unpaired) electrons. The van der Waals surface area contributed by atoms with Gasteiger partial charge >= 0.3 is 0 Å². The molecular formula is C11H11BrN4. The highest BCUT2D eigenvalue weighted by atomic mass is 79.9. The molecule has 1 atom stereocenters. The van der Waals surface area contributed by atoms with Gasteiger partial charge in [0.2, 0.25) is 0 Å². The van der Waals surface area contributed by atoms with Crippen LogP contribution in [0.25, 0.3) is 0 Å². The highest BCUT2D eigenvalue weighted by Gasteiger charge is 2.27. The lowest BCUT2D eigenvalue weighted by Gasteiger charge is -2.12. The zero-order valence-corrected chi connectivity index (χ0v) is 10.4. The van der Waals surface area contributed by atoms with E-state index in [2.05, 4.69) is 55.8 Å². The molecule has 2 heterocycles. The molecule has 0 aliphatic carbocycles. The second-order valence-electron chi connectivity index (χ2n) is 3.90. The maximum Gasteiger partial charge on any atom is 0.153 e. The predicted octanol–water partition coefficient (Wildman–Crippen LogP) is 1.77. The van der Waals surface area contributed by atoms with Gasteiger partial charge in [0.1, 0.15) is 0 Å². The Kier molecular flexibility index (Phi) is 2.29. The van der Waals surface area contributed by atoms with Crippen LogP contribution in [0.2, 0.25) is 0 Å². The average molecular weight is 279 g/mol. The van der Waals surface area contributed by atoms with E-state index >= 15 is 0 Å². The average Bonchev–Trinajstić information content (AvgIpc) is 2.83. The van der Waals surface area contributed by atoms with Gasteiger partial charge in [0, 0.05) is 13.6 Å². The lowest BCUT2D eigenvalue weighted by Crippen LogP contribution is -2.17. The molecule has 1 aliphatic heterocycles. The van der Waals surface area contributed by atoms with Gasteiger partial charge in [0.25, 0.3) is 0 Å². The molecule has 1 aromatic heterocycles. The normalized spacial score (nSPS) is 18.8. The van der Waals surface area contributed by atoms with Crippen molar-refractivity contribution in [1.82, 2.24) is 20.3 Å². The summed E-state index contributed by atoms with van der Waals surface area (Å²) in [5.74, 6) is 0. The van der Waals surface area contributed by atoms with E-state index in [9.17, 15) is 0 Å². The Morgan fingerprint density at radius 2 is 2.25 bits per heavy atom. The summed E-state index contributed by atoms with van der Waals surface area (Å²) < 4.78 is 2.62. The van der Waals surface area contributed by atoms with Crippen molar-refractivity contribution in [3.63, 3.8) is 0 Å². The van der Waals surface area contributed by atoms with Crippen molar-refractivity contribution in [1.29, 1.82) is 0 Å². The highest BCUT2D eigenvalue weighted by Crippen LogP contribution is 2.32. The molecule has 4 nitrogen and oxygen atoms in total. The van der Waals surface area contributed by atoms with Crippen LogP contribution in [0.15, 0.2) is 28.9 Å². The van der Waals surface area contributed by atoms with Crippen molar-refractivity contribution >= 4 is 15.9 Å². The number of aryl methyl sites for hydroxylation is 1. The predicted molar refractivity (Wildman–Crippen MR) is 63.8 cm³/mol. The van der Waals surface area contributed by atoms with Crippen LogP contribution in [0.4, 0.5) is 0 Å². The third-order valence-electron chi connectivity index (χ3n) is 2.96. The molecule has 2 aromatic rings. The third kappa shape index (κ3) is 1.39. The maximum absolute atomic E-state index is 4.02. The molecule has 1 N–H and O–H groups in total. The minimum Gasteiger partial charge on any atom is -0.301 e. The van der Waals surface area contributed by atoms with Gasteiger partial charge in [-0.1, -0.05) is 29.5 Å². The molecule has 0 bridgehead atoms. The number of rotatable bonds is 1. The van der Waals surface area contributed by atoms with Crippen molar-refractivity contribution in [3.8, 4) is 0 Å². The summed E-state index contributed by atoms with van der Waals surface area (Å²) in [6.07, 6.45) is 0. The van der Waals surface area contributed by atoms with E-state index in [1.54, 1.807) is 0 Å². The quantitative estimate of drug-likeness (QED) is 0.865. The summed E-state index contributed by atoms with van der Waals surface area (Å²) in [4.78, 5) is 0. The first-order valence-corrected chi connectivity index (χ1v) is 5.93. The van der Waals surface area contributed by atoms with E-state index in [0.29, 0.717) is 0 Å². The van der Waals surface area contributed by atoms with E-state index in [0.717, 1.165) is 16.8 Å². The van der Waals surface area contributed by atoms with Crippen LogP contribution in [-0.2, 0) is 13.6 Å². The number of aromatic nitrogens is 3. The summed E-state index contributed by atoms with van der Waals surface area (Å²) in [6.45, 7) is 0.901. The molecular weight excluding hydrogens is 268 g/mol. The molecule has 16 heavy (non-hydrogen) atoms. The van der Waals surface area contributed by atoms with Crippen LogP contribution in [0, 0.1) is 0 Å². The molecule has 3 rings (SSSR count). The zero-order valence-electron chi connectivity index (χ0n) is 8.81. The molecule has 82 valence electrons. The maximum atomic E-state index is 4.02. The van der Waals surface area contributed by atoms with Gasteiger partial charge in [-0.2, -0.15) is 0 Å². The number of nitrogens with one attached hydrogen (secondary N) is 1. The van der Waals surface area contributed by atoms with Crippen molar-refractivity contribution in [2.24, 2.45) is 7.05 Å². The number of nitrogens with zero attached hydrogens (tertiary/aromatic N) is 3. The molecule has 1 unspecified atom stereocenters. The fourth-order valence-corrected chi connectivity index (χ4v) is 2.74. The first-order valence-electron chi connectivity index (χ1n) is 5.13. The van der Waals surface area contributed by atoms with E-state index in [1.165, 1.54) is 11.1 Å². The number of hydrogen-bond acceptors (Lipinski definition) is 3. The van der Waals surface area contributed by atoms with Crippen molar-refractivity contribution < 1.29 is 0 Å². The zero-order chi connectivity index (χ0) is 11.1. The van der Waals surface area contributed by atoms with Gasteiger partial charge in [0.05, 0.1) is 11.7 Å². The van der Waals surface area contributed by atoms with Gasteiger partial charge in [-0.15, -0.1) is 5.10 Å². The Bertz CT molecular complexity index is 515. The van der Waals surface area contributed by atoms with E-state index in [1.807, 2.05) is 11.7 Å². The molecule has 5 heteroatoms. The topological polar surface area (TPSA) is 42.7 Å². The molecule has 0 amide bonds. The monoisotopic (exact) mass is 278 g/mol. The van der Waals surface area contributed by atoms with Crippen molar-refractivity contribution in [2.75, 3.05) is 0 Å². The second-order valence-corrected chi connectivity index (χ2v) is 4.65. The Labute approximate surface area is 102 Å². The Morgan fingerprint density at radius 3 is 3.00 bits per heavy atom. The Balaban J connectivity index is 2.11. The summed E-state index contributed by atoms with van der Waals surface area (Å²) in [5, 5.41) is 11.5. The van der Waals surface area contributed by atoms with E-state index in [-0.39, 0.29) is 6.04 Å². The summed E-state index contributed by atoms with van der Waals surface area (Å²) >= 11 is 3.44. The van der Waals surface area contributed by atoms with Crippen LogP contribution in [-0.4, -0.2) is 15.0 Å². The van der Waals surface area contributed by atoms with Crippen molar-refractivity contribution in [3.05, 3.63) is 45.7 Å². The van der Waals surface area contributed by atoms with E-state index < -0.39 is 0 Å². The fraction of sp³-hybridized carbons (Fsp3) is 0.273. The van der Waals surface area contributed by atoms with Gasteiger partial charge in [-0.25, -0.2) is 4.68 Å². The van der Waals surface area contributed by atoms with Gasteiger partial charge in [-0.05, 0) is 27.1 Å². The molecule has 1 aromatic carbocycles. The number of hydrogen-bond donors (Lipinski definition) is 1. The SMILES string of the molecule is Cn1nnc(Br)c1C1NCc2ccccc21.